The maximum atomic E-state index is 12.6. The van der Waals surface area contributed by atoms with Crippen LogP contribution in [0.1, 0.15) is 20.7 Å². The van der Waals surface area contributed by atoms with Crippen molar-refractivity contribution in [3.63, 3.8) is 0 Å². The van der Waals surface area contributed by atoms with Gasteiger partial charge in [0, 0.05) is 0 Å². The molecular weight excluding hydrogens is 338 g/mol. The molecular formula is C18H15N3O5. The summed E-state index contributed by atoms with van der Waals surface area (Å²) in [6.45, 7) is 0. The summed E-state index contributed by atoms with van der Waals surface area (Å²) in [6.07, 6.45) is 0. The number of benzene rings is 2. The van der Waals surface area contributed by atoms with Crippen LogP contribution in [0.15, 0.2) is 47.3 Å². The minimum Gasteiger partial charge on any atom is -0.506 e. The average Bonchev–Trinajstić information content (AvgIpc) is 2.61. The topological polar surface area (TPSA) is 135 Å². The molecule has 2 amide bonds. The highest BCUT2D eigenvalue weighted by atomic mass is 16.5. The van der Waals surface area contributed by atoms with Gasteiger partial charge >= 0.3 is 0 Å². The Kier molecular flexibility index (Phi) is 4.32. The lowest BCUT2D eigenvalue weighted by molar-refractivity contribution is 0.100. The number of aromatic amines is 1. The van der Waals surface area contributed by atoms with E-state index in [1.165, 1.54) is 19.2 Å². The van der Waals surface area contributed by atoms with Gasteiger partial charge in [0.1, 0.15) is 17.1 Å². The lowest BCUT2D eigenvalue weighted by Crippen LogP contribution is -2.25. The highest BCUT2D eigenvalue weighted by molar-refractivity contribution is 6.12. The molecule has 0 saturated carbocycles. The first-order valence-corrected chi connectivity index (χ1v) is 7.56. The highest BCUT2D eigenvalue weighted by Gasteiger charge is 2.22. The molecule has 0 aliphatic heterocycles. The van der Waals surface area contributed by atoms with Crippen LogP contribution in [0.2, 0.25) is 0 Å². The fraction of sp³-hybridized carbons (Fsp3) is 0.0556. The second-order valence-electron chi connectivity index (χ2n) is 5.42. The van der Waals surface area contributed by atoms with E-state index in [2.05, 4.69) is 10.3 Å². The van der Waals surface area contributed by atoms with E-state index in [1.54, 1.807) is 30.3 Å². The number of carbonyl (C=O) groups is 2. The Hall–Kier alpha value is -3.81. The maximum Gasteiger partial charge on any atom is 0.265 e. The van der Waals surface area contributed by atoms with E-state index >= 15 is 0 Å². The number of nitrogens with two attached hydrogens (primary N) is 1. The minimum atomic E-state index is -0.884. The van der Waals surface area contributed by atoms with Crippen molar-refractivity contribution in [1.82, 2.24) is 4.98 Å². The Labute approximate surface area is 147 Å². The summed E-state index contributed by atoms with van der Waals surface area (Å²) in [5.41, 5.74) is 4.53. The molecule has 0 bridgehead atoms. The maximum absolute atomic E-state index is 12.6. The first kappa shape index (κ1) is 17.0. The van der Waals surface area contributed by atoms with Crippen LogP contribution in [0.25, 0.3) is 10.9 Å². The molecule has 1 heterocycles. The number of H-pyrrole nitrogens is 1. The van der Waals surface area contributed by atoms with Gasteiger partial charge in [-0.1, -0.05) is 18.2 Å². The quantitative estimate of drug-likeness (QED) is 0.565. The van der Waals surface area contributed by atoms with Crippen molar-refractivity contribution in [1.29, 1.82) is 0 Å². The van der Waals surface area contributed by atoms with Crippen molar-refractivity contribution in [3.05, 3.63) is 63.9 Å². The summed E-state index contributed by atoms with van der Waals surface area (Å²) < 4.78 is 5.18. The molecule has 132 valence electrons. The fourth-order valence-electron chi connectivity index (χ4n) is 2.67. The molecule has 0 aliphatic rings. The average molecular weight is 353 g/mol. The van der Waals surface area contributed by atoms with Gasteiger partial charge in [0.15, 0.2) is 0 Å². The third-order valence-corrected chi connectivity index (χ3v) is 3.86. The second-order valence-corrected chi connectivity index (χ2v) is 5.42. The largest absolute Gasteiger partial charge is 0.506 e. The second kappa shape index (κ2) is 6.60. The summed E-state index contributed by atoms with van der Waals surface area (Å²) in [7, 11) is 1.40. The van der Waals surface area contributed by atoms with E-state index in [-0.39, 0.29) is 16.6 Å². The number of fused-ring (bicyclic) bond motifs is 1. The van der Waals surface area contributed by atoms with Gasteiger partial charge in [-0.3, -0.25) is 14.4 Å². The van der Waals surface area contributed by atoms with Gasteiger partial charge < -0.3 is 25.9 Å². The van der Waals surface area contributed by atoms with Crippen LogP contribution in [-0.2, 0) is 0 Å². The summed E-state index contributed by atoms with van der Waals surface area (Å²) in [5.74, 6) is -1.84. The number of carbonyl (C=O) groups excluding carboxylic acids is 2. The number of ether oxygens (including phenoxy) is 1. The van der Waals surface area contributed by atoms with Crippen LogP contribution in [0.4, 0.5) is 5.69 Å². The lowest BCUT2D eigenvalue weighted by Gasteiger charge is -2.12. The van der Waals surface area contributed by atoms with Crippen LogP contribution < -0.4 is 21.3 Å². The van der Waals surface area contributed by atoms with Crippen LogP contribution in [0.5, 0.6) is 11.5 Å². The predicted molar refractivity (Wildman–Crippen MR) is 95.7 cm³/mol. The molecule has 2 aromatic carbocycles. The Morgan fingerprint density at radius 3 is 2.58 bits per heavy atom. The number of amides is 2. The van der Waals surface area contributed by atoms with Crippen LogP contribution in [0, 0.1) is 0 Å². The molecule has 26 heavy (non-hydrogen) atoms. The van der Waals surface area contributed by atoms with Crippen LogP contribution >= 0.6 is 0 Å². The van der Waals surface area contributed by atoms with Crippen molar-refractivity contribution in [3.8, 4) is 11.5 Å². The predicted octanol–water partition coefficient (Wildman–Crippen LogP) is 1.59. The zero-order valence-corrected chi connectivity index (χ0v) is 13.7. The third kappa shape index (κ3) is 2.84. The summed E-state index contributed by atoms with van der Waals surface area (Å²) in [6, 6.07) is 10.9. The summed E-state index contributed by atoms with van der Waals surface area (Å²) >= 11 is 0. The number of aromatic nitrogens is 1. The molecule has 0 saturated heterocycles. The number of para-hydroxylation sites is 1. The smallest absolute Gasteiger partial charge is 0.265 e. The highest BCUT2D eigenvalue weighted by Crippen LogP contribution is 2.33. The van der Waals surface area contributed by atoms with Gasteiger partial charge in [0.2, 0.25) is 0 Å². The molecule has 3 aromatic rings. The Bertz CT molecular complexity index is 1090. The molecule has 5 N–H and O–H groups in total. The van der Waals surface area contributed by atoms with E-state index in [1.807, 2.05) is 0 Å². The van der Waals surface area contributed by atoms with Gasteiger partial charge in [-0.15, -0.1) is 0 Å². The number of hydrogen-bond acceptors (Lipinski definition) is 5. The van der Waals surface area contributed by atoms with Gasteiger partial charge in [-0.2, -0.15) is 0 Å². The number of rotatable bonds is 4. The minimum absolute atomic E-state index is 0.0788. The van der Waals surface area contributed by atoms with Crippen molar-refractivity contribution in [2.45, 2.75) is 0 Å². The third-order valence-electron chi connectivity index (χ3n) is 3.86. The first-order chi connectivity index (χ1) is 12.4. The van der Waals surface area contributed by atoms with E-state index in [0.29, 0.717) is 11.3 Å². The van der Waals surface area contributed by atoms with E-state index < -0.39 is 28.7 Å². The van der Waals surface area contributed by atoms with E-state index in [4.69, 9.17) is 10.5 Å². The van der Waals surface area contributed by atoms with Gasteiger partial charge in [0.05, 0.1) is 29.3 Å². The molecule has 8 heteroatoms. The Balaban J connectivity index is 2.13. The van der Waals surface area contributed by atoms with Crippen molar-refractivity contribution in [2.75, 3.05) is 12.4 Å². The fourth-order valence-corrected chi connectivity index (χ4v) is 2.67. The van der Waals surface area contributed by atoms with Gasteiger partial charge in [0.25, 0.3) is 17.4 Å². The molecule has 8 nitrogen and oxygen atoms in total. The number of aromatic hydroxyl groups is 1. The molecule has 0 radical (unpaired) electrons. The number of primary amides is 1. The lowest BCUT2D eigenvalue weighted by atomic mass is 10.1. The molecule has 1 aromatic heterocycles. The van der Waals surface area contributed by atoms with Crippen molar-refractivity contribution < 1.29 is 19.4 Å². The summed E-state index contributed by atoms with van der Waals surface area (Å²) in [4.78, 5) is 38.9. The van der Waals surface area contributed by atoms with Crippen LogP contribution in [0.3, 0.4) is 0 Å². The molecule has 0 unspecified atom stereocenters. The monoisotopic (exact) mass is 353 g/mol. The van der Waals surface area contributed by atoms with E-state index in [9.17, 15) is 19.5 Å². The molecule has 3 rings (SSSR count). The van der Waals surface area contributed by atoms with E-state index in [0.717, 1.165) is 0 Å². The number of nitrogens with one attached hydrogen (secondary N) is 2. The summed E-state index contributed by atoms with van der Waals surface area (Å²) in [5, 5.41) is 13.1. The van der Waals surface area contributed by atoms with Gasteiger partial charge in [-0.05, 0) is 24.3 Å². The van der Waals surface area contributed by atoms with Crippen molar-refractivity contribution >= 4 is 28.4 Å². The number of pyridine rings is 1. The first-order valence-electron chi connectivity index (χ1n) is 7.56. The molecule has 0 atom stereocenters. The zero-order chi connectivity index (χ0) is 18.8. The standard InChI is InChI=1S/C18H15N3O5/c1-26-12-8-4-7-11-13(12)15(22)14(18(25)21-11)17(24)20-10-6-3-2-5-9(10)16(19)23/h2-8H,1H3,(H2,19,23)(H,20,24)(H2,21,22,25). The normalized spacial score (nSPS) is 10.5. The number of methoxy groups -OCH3 is 1. The Morgan fingerprint density at radius 1 is 1.15 bits per heavy atom. The zero-order valence-electron chi connectivity index (χ0n) is 13.7. The van der Waals surface area contributed by atoms with Gasteiger partial charge in [-0.25, -0.2) is 0 Å². The molecule has 0 aliphatic carbocycles. The number of hydrogen-bond donors (Lipinski definition) is 4. The number of anilines is 1. The Morgan fingerprint density at radius 2 is 1.88 bits per heavy atom. The van der Waals surface area contributed by atoms with Crippen molar-refractivity contribution in [2.24, 2.45) is 5.73 Å². The molecule has 0 spiro atoms. The SMILES string of the molecule is COc1cccc2[nH]c(=O)c(C(=O)Nc3ccccc3C(N)=O)c(O)c12. The molecule has 0 fully saturated rings. The van der Waals surface area contributed by atoms with Crippen LogP contribution in [-0.4, -0.2) is 29.0 Å².